The lowest BCUT2D eigenvalue weighted by Gasteiger charge is -2.25. The molecule has 1 saturated heterocycles. The number of piperidine rings is 1. The van der Waals surface area contributed by atoms with Gasteiger partial charge in [0, 0.05) is 18.5 Å². The standard InChI is InChI=1S/C11H17NO3/c1-10(2,3)15-9(14)12-5-8-4-11(8,6-12)7-13/h7-8H,4-6H2,1-3H3/t8-,11+/m0/s1. The van der Waals surface area contributed by atoms with Crippen LogP contribution in [-0.2, 0) is 9.53 Å². The number of hydrogen-bond donors (Lipinski definition) is 0. The van der Waals surface area contributed by atoms with Crippen molar-refractivity contribution in [3.05, 3.63) is 0 Å². The summed E-state index contributed by atoms with van der Waals surface area (Å²) in [6, 6.07) is 0. The van der Waals surface area contributed by atoms with E-state index in [9.17, 15) is 9.59 Å². The van der Waals surface area contributed by atoms with Crippen LogP contribution in [0.4, 0.5) is 4.79 Å². The molecule has 15 heavy (non-hydrogen) atoms. The number of amides is 1. The van der Waals surface area contributed by atoms with Gasteiger partial charge in [0.2, 0.25) is 0 Å². The van der Waals surface area contributed by atoms with Gasteiger partial charge in [0.25, 0.3) is 0 Å². The summed E-state index contributed by atoms with van der Waals surface area (Å²) in [5.41, 5.74) is -0.685. The van der Waals surface area contributed by atoms with Crippen LogP contribution in [-0.4, -0.2) is 36.0 Å². The average Bonchev–Trinajstić information content (AvgIpc) is 2.66. The Balaban J connectivity index is 1.92. The Kier molecular flexibility index (Phi) is 2.07. The second-order valence-corrected chi connectivity index (χ2v) is 5.61. The fourth-order valence-corrected chi connectivity index (χ4v) is 2.17. The Morgan fingerprint density at radius 2 is 2.20 bits per heavy atom. The van der Waals surface area contributed by atoms with Crippen LogP contribution in [0.2, 0.25) is 0 Å². The average molecular weight is 211 g/mol. The molecule has 2 atom stereocenters. The topological polar surface area (TPSA) is 46.6 Å². The fourth-order valence-electron chi connectivity index (χ4n) is 2.17. The third-order valence-electron chi connectivity index (χ3n) is 3.09. The highest BCUT2D eigenvalue weighted by Crippen LogP contribution is 2.56. The van der Waals surface area contributed by atoms with E-state index in [1.807, 2.05) is 20.8 Å². The number of nitrogens with zero attached hydrogens (tertiary/aromatic N) is 1. The molecule has 0 unspecified atom stereocenters. The number of ether oxygens (including phenoxy) is 1. The van der Waals surface area contributed by atoms with E-state index < -0.39 is 5.60 Å². The van der Waals surface area contributed by atoms with Gasteiger partial charge in [-0.15, -0.1) is 0 Å². The second kappa shape index (κ2) is 2.97. The normalized spacial score (nSPS) is 33.5. The first-order valence-electron chi connectivity index (χ1n) is 5.31. The van der Waals surface area contributed by atoms with Crippen molar-refractivity contribution in [2.24, 2.45) is 11.3 Å². The highest BCUT2D eigenvalue weighted by atomic mass is 16.6. The SMILES string of the molecule is CC(C)(C)OC(=O)N1C[C@@H]2C[C@]2(C=O)C1. The van der Waals surface area contributed by atoms with Crippen LogP contribution in [0, 0.1) is 11.3 Å². The van der Waals surface area contributed by atoms with Gasteiger partial charge in [0.05, 0.1) is 0 Å². The molecule has 1 heterocycles. The van der Waals surface area contributed by atoms with Gasteiger partial charge in [-0.3, -0.25) is 0 Å². The van der Waals surface area contributed by atoms with E-state index in [1.165, 1.54) is 0 Å². The highest BCUT2D eigenvalue weighted by Gasteiger charge is 2.61. The highest BCUT2D eigenvalue weighted by molar-refractivity contribution is 5.73. The summed E-state index contributed by atoms with van der Waals surface area (Å²) in [7, 11) is 0. The molecule has 1 aliphatic heterocycles. The van der Waals surface area contributed by atoms with Crippen molar-refractivity contribution in [2.75, 3.05) is 13.1 Å². The number of hydrogen-bond acceptors (Lipinski definition) is 3. The van der Waals surface area contributed by atoms with Gasteiger partial charge >= 0.3 is 6.09 Å². The van der Waals surface area contributed by atoms with Crippen molar-refractivity contribution in [2.45, 2.75) is 32.8 Å². The van der Waals surface area contributed by atoms with E-state index in [0.29, 0.717) is 19.0 Å². The Labute approximate surface area is 89.6 Å². The zero-order valence-electron chi connectivity index (χ0n) is 9.45. The number of rotatable bonds is 1. The summed E-state index contributed by atoms with van der Waals surface area (Å²) in [5.74, 6) is 0.377. The predicted octanol–water partition coefficient (Wildman–Crippen LogP) is 1.44. The lowest BCUT2D eigenvalue weighted by molar-refractivity contribution is -0.112. The molecule has 0 N–H and O–H groups in total. The molecule has 0 radical (unpaired) electrons. The molecule has 0 aromatic carbocycles. The van der Waals surface area contributed by atoms with Crippen LogP contribution in [0.3, 0.4) is 0 Å². The fraction of sp³-hybridized carbons (Fsp3) is 0.818. The lowest BCUT2D eigenvalue weighted by Crippen LogP contribution is -2.37. The molecular formula is C11H17NO3. The van der Waals surface area contributed by atoms with Crippen molar-refractivity contribution < 1.29 is 14.3 Å². The molecule has 1 aliphatic carbocycles. The summed E-state index contributed by atoms with van der Waals surface area (Å²) in [5, 5.41) is 0. The van der Waals surface area contributed by atoms with Crippen LogP contribution < -0.4 is 0 Å². The van der Waals surface area contributed by atoms with Crippen LogP contribution in [0.25, 0.3) is 0 Å². The minimum atomic E-state index is -0.460. The maximum atomic E-state index is 11.7. The monoisotopic (exact) mass is 211 g/mol. The quantitative estimate of drug-likeness (QED) is 0.616. The van der Waals surface area contributed by atoms with Gasteiger partial charge in [-0.25, -0.2) is 4.79 Å². The molecule has 1 saturated carbocycles. The summed E-state index contributed by atoms with van der Waals surface area (Å²) >= 11 is 0. The molecular weight excluding hydrogens is 194 g/mol. The number of likely N-dealkylation sites (tertiary alicyclic amines) is 1. The molecule has 0 bridgehead atoms. The van der Waals surface area contributed by atoms with Crippen molar-refractivity contribution >= 4 is 12.4 Å². The smallest absolute Gasteiger partial charge is 0.410 e. The molecule has 2 aliphatic rings. The predicted molar refractivity (Wildman–Crippen MR) is 54.4 cm³/mol. The first kappa shape index (κ1) is 10.5. The van der Waals surface area contributed by atoms with Gasteiger partial charge in [0.1, 0.15) is 11.9 Å². The van der Waals surface area contributed by atoms with Gasteiger partial charge in [-0.05, 0) is 33.1 Å². The number of fused-ring (bicyclic) bond motifs is 1. The molecule has 4 nitrogen and oxygen atoms in total. The zero-order valence-corrected chi connectivity index (χ0v) is 9.45. The Morgan fingerprint density at radius 3 is 2.67 bits per heavy atom. The summed E-state index contributed by atoms with van der Waals surface area (Å²) < 4.78 is 5.25. The molecule has 84 valence electrons. The molecule has 1 amide bonds. The van der Waals surface area contributed by atoms with E-state index in [1.54, 1.807) is 4.90 Å². The molecule has 2 rings (SSSR count). The van der Waals surface area contributed by atoms with Crippen molar-refractivity contribution in [1.82, 2.24) is 4.90 Å². The number of carbonyl (C=O) groups is 2. The van der Waals surface area contributed by atoms with Gasteiger partial charge in [-0.2, -0.15) is 0 Å². The van der Waals surface area contributed by atoms with E-state index in [4.69, 9.17) is 4.74 Å². The summed E-state index contributed by atoms with van der Waals surface area (Å²) in [6.45, 7) is 6.75. The molecule has 0 aromatic heterocycles. The van der Waals surface area contributed by atoms with Crippen LogP contribution in [0.15, 0.2) is 0 Å². The van der Waals surface area contributed by atoms with Crippen LogP contribution in [0.5, 0.6) is 0 Å². The summed E-state index contributed by atoms with van der Waals surface area (Å²) in [6.07, 6.45) is 1.65. The lowest BCUT2D eigenvalue weighted by atomic mass is 10.1. The van der Waals surface area contributed by atoms with E-state index in [-0.39, 0.29) is 11.5 Å². The maximum Gasteiger partial charge on any atom is 0.410 e. The minimum Gasteiger partial charge on any atom is -0.444 e. The van der Waals surface area contributed by atoms with E-state index >= 15 is 0 Å². The zero-order chi connectivity index (χ0) is 11.3. The second-order valence-electron chi connectivity index (χ2n) is 5.61. The Hall–Kier alpha value is -1.06. The van der Waals surface area contributed by atoms with Crippen molar-refractivity contribution in [3.63, 3.8) is 0 Å². The van der Waals surface area contributed by atoms with E-state index in [0.717, 1.165) is 12.7 Å². The van der Waals surface area contributed by atoms with E-state index in [2.05, 4.69) is 0 Å². The third kappa shape index (κ3) is 1.85. The van der Waals surface area contributed by atoms with Gasteiger partial charge in [-0.1, -0.05) is 0 Å². The molecule has 0 aromatic rings. The van der Waals surface area contributed by atoms with Gasteiger partial charge < -0.3 is 14.4 Å². The number of aldehydes is 1. The number of carbonyl (C=O) groups excluding carboxylic acids is 2. The van der Waals surface area contributed by atoms with Crippen molar-refractivity contribution in [3.8, 4) is 0 Å². The Bertz CT molecular complexity index is 307. The molecule has 2 fully saturated rings. The van der Waals surface area contributed by atoms with Crippen LogP contribution >= 0.6 is 0 Å². The largest absolute Gasteiger partial charge is 0.444 e. The molecule has 4 heteroatoms. The van der Waals surface area contributed by atoms with Crippen molar-refractivity contribution in [1.29, 1.82) is 0 Å². The first-order chi connectivity index (χ1) is 6.86. The minimum absolute atomic E-state index is 0.225. The maximum absolute atomic E-state index is 11.7. The summed E-state index contributed by atoms with van der Waals surface area (Å²) in [4.78, 5) is 24.2. The Morgan fingerprint density at radius 1 is 1.53 bits per heavy atom. The van der Waals surface area contributed by atoms with Gasteiger partial charge in [0.15, 0.2) is 0 Å². The molecule has 0 spiro atoms. The van der Waals surface area contributed by atoms with Crippen LogP contribution in [0.1, 0.15) is 27.2 Å². The first-order valence-corrected chi connectivity index (χ1v) is 5.31. The third-order valence-corrected chi connectivity index (χ3v) is 3.09.